The van der Waals surface area contributed by atoms with Crippen molar-refractivity contribution in [1.82, 2.24) is 4.90 Å². The second kappa shape index (κ2) is 6.97. The fraction of sp³-hybridized carbons (Fsp3) is 0.368. The van der Waals surface area contributed by atoms with Gasteiger partial charge in [0.2, 0.25) is 0 Å². The number of fused-ring (bicyclic) bond motifs is 2. The largest absolute Gasteiger partial charge is 0.492 e. The van der Waals surface area contributed by atoms with Crippen molar-refractivity contribution < 1.29 is 26.3 Å². The fourth-order valence-electron chi connectivity index (χ4n) is 3.66. The molecule has 4 rings (SSSR count). The number of alkyl halides is 3. The number of anilines is 1. The van der Waals surface area contributed by atoms with E-state index in [-0.39, 0.29) is 5.69 Å². The van der Waals surface area contributed by atoms with E-state index in [0.29, 0.717) is 31.0 Å². The summed E-state index contributed by atoms with van der Waals surface area (Å²) in [6.45, 7) is 2.22. The van der Waals surface area contributed by atoms with Gasteiger partial charge in [-0.25, -0.2) is 8.42 Å². The number of benzene rings is 2. The highest BCUT2D eigenvalue weighted by Gasteiger charge is 2.32. The molecule has 2 aliphatic heterocycles. The Balaban J connectivity index is 1.59. The molecule has 0 spiro atoms. The maximum Gasteiger partial charge on any atom is 0.416 e. The summed E-state index contributed by atoms with van der Waals surface area (Å²) in [7, 11) is -4.15. The van der Waals surface area contributed by atoms with Gasteiger partial charge in [-0.3, -0.25) is 9.62 Å². The molecule has 0 aliphatic carbocycles. The maximum absolute atomic E-state index is 12.9. The summed E-state index contributed by atoms with van der Waals surface area (Å²) >= 11 is 0. The predicted molar refractivity (Wildman–Crippen MR) is 97.6 cm³/mol. The average Bonchev–Trinajstić information content (AvgIpc) is 3.00. The van der Waals surface area contributed by atoms with Crippen molar-refractivity contribution in [2.75, 3.05) is 17.9 Å². The molecule has 0 aromatic heterocycles. The van der Waals surface area contributed by atoms with Crippen LogP contribution in [-0.2, 0) is 22.7 Å². The molecule has 2 aromatic carbocycles. The van der Waals surface area contributed by atoms with Crippen molar-refractivity contribution in [2.45, 2.75) is 36.5 Å². The van der Waals surface area contributed by atoms with Crippen molar-refractivity contribution in [3.63, 3.8) is 0 Å². The van der Waals surface area contributed by atoms with Crippen LogP contribution >= 0.6 is 0 Å². The van der Waals surface area contributed by atoms with Crippen LogP contribution in [0.15, 0.2) is 47.4 Å². The van der Waals surface area contributed by atoms with Crippen LogP contribution in [0.1, 0.15) is 24.0 Å². The van der Waals surface area contributed by atoms with E-state index in [1.165, 1.54) is 0 Å². The van der Waals surface area contributed by atoms with E-state index in [1.807, 2.05) is 0 Å². The fourth-order valence-corrected chi connectivity index (χ4v) is 4.75. The molecule has 0 bridgehead atoms. The first-order valence-electron chi connectivity index (χ1n) is 8.92. The number of hydrogen-bond acceptors (Lipinski definition) is 4. The summed E-state index contributed by atoms with van der Waals surface area (Å²) in [6, 6.07) is 8.98. The molecule has 9 heteroatoms. The normalized spacial score (nSPS) is 20.0. The minimum absolute atomic E-state index is 0.289. The summed E-state index contributed by atoms with van der Waals surface area (Å²) < 4.78 is 72.0. The van der Waals surface area contributed by atoms with Gasteiger partial charge in [0.1, 0.15) is 12.4 Å². The molecule has 0 radical (unpaired) electrons. The van der Waals surface area contributed by atoms with Gasteiger partial charge in [-0.15, -0.1) is 0 Å². The Morgan fingerprint density at radius 1 is 1.14 bits per heavy atom. The summed E-state index contributed by atoms with van der Waals surface area (Å²) in [5.41, 5.74) is 0.136. The Hall–Kier alpha value is -2.26. The Bertz CT molecular complexity index is 992. The molecule has 28 heavy (non-hydrogen) atoms. The van der Waals surface area contributed by atoms with Crippen LogP contribution in [0.25, 0.3) is 0 Å². The van der Waals surface area contributed by atoms with E-state index < -0.39 is 26.7 Å². The van der Waals surface area contributed by atoms with Gasteiger partial charge in [0, 0.05) is 23.8 Å². The predicted octanol–water partition coefficient (Wildman–Crippen LogP) is 3.86. The van der Waals surface area contributed by atoms with Crippen LogP contribution in [0, 0.1) is 0 Å². The highest BCUT2D eigenvalue weighted by atomic mass is 32.2. The molecule has 2 aliphatic rings. The number of nitrogens with one attached hydrogen (secondary N) is 1. The monoisotopic (exact) mass is 412 g/mol. The van der Waals surface area contributed by atoms with Crippen molar-refractivity contribution >= 4 is 15.7 Å². The van der Waals surface area contributed by atoms with Gasteiger partial charge in [-0.1, -0.05) is 6.07 Å². The highest BCUT2D eigenvalue weighted by molar-refractivity contribution is 7.92. The van der Waals surface area contributed by atoms with Crippen molar-refractivity contribution in [1.29, 1.82) is 0 Å². The van der Waals surface area contributed by atoms with E-state index >= 15 is 0 Å². The van der Waals surface area contributed by atoms with Gasteiger partial charge >= 0.3 is 6.18 Å². The smallest absolute Gasteiger partial charge is 0.416 e. The maximum atomic E-state index is 12.9. The third-order valence-corrected chi connectivity index (χ3v) is 6.47. The van der Waals surface area contributed by atoms with Gasteiger partial charge < -0.3 is 4.74 Å². The molecule has 2 heterocycles. The number of nitrogens with zero attached hydrogens (tertiary/aromatic N) is 1. The molecule has 0 unspecified atom stereocenters. The van der Waals surface area contributed by atoms with Crippen molar-refractivity contribution in [3.8, 4) is 5.75 Å². The van der Waals surface area contributed by atoms with Crippen LogP contribution < -0.4 is 9.46 Å². The van der Waals surface area contributed by atoms with E-state index in [1.54, 1.807) is 18.2 Å². The Labute approximate surface area is 161 Å². The molecule has 2 aromatic rings. The molecule has 1 N–H and O–H groups in total. The van der Waals surface area contributed by atoms with Crippen molar-refractivity contribution in [2.24, 2.45) is 0 Å². The Morgan fingerprint density at radius 3 is 2.75 bits per heavy atom. The minimum Gasteiger partial charge on any atom is -0.492 e. The summed E-state index contributed by atoms with van der Waals surface area (Å²) in [5, 5.41) is 0. The number of halogens is 3. The molecule has 1 atom stereocenters. The summed E-state index contributed by atoms with van der Waals surface area (Å²) in [6.07, 6.45) is -2.44. The van der Waals surface area contributed by atoms with Crippen LogP contribution in [0.5, 0.6) is 5.75 Å². The van der Waals surface area contributed by atoms with Crippen LogP contribution in [0.3, 0.4) is 0 Å². The topological polar surface area (TPSA) is 58.6 Å². The van der Waals surface area contributed by atoms with E-state index in [0.717, 1.165) is 43.1 Å². The van der Waals surface area contributed by atoms with Gasteiger partial charge in [-0.05, 0) is 55.8 Å². The van der Waals surface area contributed by atoms with E-state index in [4.69, 9.17) is 4.74 Å². The second-order valence-electron chi connectivity index (χ2n) is 7.03. The molecule has 0 saturated carbocycles. The molecule has 1 saturated heterocycles. The molecule has 150 valence electrons. The first kappa shape index (κ1) is 19.1. The standard InChI is InChI=1S/C19H19F3N2O3S/c20-19(21,22)14-3-1-5-17(10-14)28(25,26)23-15-6-7-18-13(9-15)11-24-8-2-4-16(24)12-27-18/h1,3,5-7,9-10,16,23H,2,4,8,11-12H2/t16-/m0/s1. The van der Waals surface area contributed by atoms with Gasteiger partial charge in [0.25, 0.3) is 10.0 Å². The molecule has 0 amide bonds. The number of sulfonamides is 1. The zero-order valence-electron chi connectivity index (χ0n) is 14.9. The lowest BCUT2D eigenvalue weighted by Crippen LogP contribution is -2.31. The SMILES string of the molecule is O=S(=O)(Nc1ccc2c(c1)CN1CCC[C@H]1CO2)c1cccc(C(F)(F)F)c1. The van der Waals surface area contributed by atoms with E-state index in [9.17, 15) is 21.6 Å². The third kappa shape index (κ3) is 3.81. The number of ether oxygens (including phenoxy) is 1. The second-order valence-corrected chi connectivity index (χ2v) is 8.71. The number of hydrogen-bond donors (Lipinski definition) is 1. The van der Waals surface area contributed by atoms with E-state index in [2.05, 4.69) is 9.62 Å². The zero-order valence-corrected chi connectivity index (χ0v) is 15.7. The highest BCUT2D eigenvalue weighted by Crippen LogP contribution is 2.33. The van der Waals surface area contributed by atoms with Crippen LogP contribution in [0.2, 0.25) is 0 Å². The quantitative estimate of drug-likeness (QED) is 0.832. The van der Waals surface area contributed by atoms with Gasteiger partial charge in [-0.2, -0.15) is 13.2 Å². The molecule has 1 fully saturated rings. The van der Waals surface area contributed by atoms with Crippen molar-refractivity contribution in [3.05, 3.63) is 53.6 Å². The third-order valence-electron chi connectivity index (χ3n) is 5.09. The first-order chi connectivity index (χ1) is 13.2. The zero-order chi connectivity index (χ0) is 19.9. The van der Waals surface area contributed by atoms with Gasteiger partial charge in [0.15, 0.2) is 0 Å². The number of rotatable bonds is 3. The molecular weight excluding hydrogens is 393 g/mol. The average molecular weight is 412 g/mol. The molecular formula is C19H19F3N2O3S. The lowest BCUT2D eigenvalue weighted by molar-refractivity contribution is -0.137. The summed E-state index contributed by atoms with van der Waals surface area (Å²) in [4.78, 5) is 1.87. The first-order valence-corrected chi connectivity index (χ1v) is 10.4. The lowest BCUT2D eigenvalue weighted by atomic mass is 10.1. The lowest BCUT2D eigenvalue weighted by Gasteiger charge is -2.19. The van der Waals surface area contributed by atoms with Crippen LogP contribution in [0.4, 0.5) is 18.9 Å². The summed E-state index contributed by atoms with van der Waals surface area (Å²) in [5.74, 6) is 0.705. The van der Waals surface area contributed by atoms with Crippen LogP contribution in [-0.4, -0.2) is 32.5 Å². The minimum atomic E-state index is -4.61. The Morgan fingerprint density at radius 2 is 1.96 bits per heavy atom. The Kier molecular flexibility index (Phi) is 4.75. The van der Waals surface area contributed by atoms with Gasteiger partial charge in [0.05, 0.1) is 10.5 Å². The molecule has 5 nitrogen and oxygen atoms in total.